The predicted molar refractivity (Wildman–Crippen MR) is 81.9 cm³/mol. The van der Waals surface area contributed by atoms with Gasteiger partial charge in [0.15, 0.2) is 0 Å². The van der Waals surface area contributed by atoms with Gasteiger partial charge in [0.05, 0.1) is 6.04 Å². The van der Waals surface area contributed by atoms with Gasteiger partial charge in [-0.2, -0.15) is 0 Å². The molecule has 98 valence electrons. The Kier molecular flexibility index (Phi) is 2.85. The lowest BCUT2D eigenvalue weighted by Crippen LogP contribution is -2.07. The SMILES string of the molecule is Cc1cc(C)c2c(c1)NC(c1cc(C)ccc1C)C2. The minimum Gasteiger partial charge on any atom is -0.378 e. The van der Waals surface area contributed by atoms with Crippen LogP contribution in [0.1, 0.15) is 39.4 Å². The van der Waals surface area contributed by atoms with Crippen molar-refractivity contribution in [2.75, 3.05) is 5.32 Å². The van der Waals surface area contributed by atoms with Crippen molar-refractivity contribution >= 4 is 5.69 Å². The van der Waals surface area contributed by atoms with Gasteiger partial charge >= 0.3 is 0 Å². The largest absolute Gasteiger partial charge is 0.378 e. The Morgan fingerprint density at radius 3 is 2.47 bits per heavy atom. The van der Waals surface area contributed by atoms with Gasteiger partial charge in [0.25, 0.3) is 0 Å². The Morgan fingerprint density at radius 2 is 1.68 bits per heavy atom. The molecule has 2 aromatic carbocycles. The summed E-state index contributed by atoms with van der Waals surface area (Å²) < 4.78 is 0. The van der Waals surface area contributed by atoms with Crippen LogP contribution in [-0.4, -0.2) is 0 Å². The molecule has 0 saturated heterocycles. The van der Waals surface area contributed by atoms with E-state index < -0.39 is 0 Å². The molecule has 1 aliphatic rings. The molecule has 3 rings (SSSR count). The molecule has 0 amide bonds. The lowest BCUT2D eigenvalue weighted by atomic mass is 9.95. The summed E-state index contributed by atoms with van der Waals surface area (Å²) in [6, 6.07) is 11.7. The highest BCUT2D eigenvalue weighted by atomic mass is 14.9. The van der Waals surface area contributed by atoms with Crippen LogP contribution in [0.3, 0.4) is 0 Å². The first-order valence-electron chi connectivity index (χ1n) is 6.98. The second kappa shape index (κ2) is 4.41. The molecule has 2 aromatic rings. The number of anilines is 1. The van der Waals surface area contributed by atoms with Gasteiger partial charge in [0, 0.05) is 5.69 Å². The average Bonchev–Trinajstić information content (AvgIpc) is 2.76. The van der Waals surface area contributed by atoms with Crippen LogP contribution in [0, 0.1) is 27.7 Å². The topological polar surface area (TPSA) is 12.0 Å². The number of fused-ring (bicyclic) bond motifs is 1. The van der Waals surface area contributed by atoms with E-state index >= 15 is 0 Å². The summed E-state index contributed by atoms with van der Waals surface area (Å²) in [6.45, 7) is 8.76. The van der Waals surface area contributed by atoms with Gasteiger partial charge in [-0.3, -0.25) is 0 Å². The predicted octanol–water partition coefficient (Wildman–Crippen LogP) is 4.63. The smallest absolute Gasteiger partial charge is 0.0557 e. The van der Waals surface area contributed by atoms with Crippen LogP contribution in [0.25, 0.3) is 0 Å². The van der Waals surface area contributed by atoms with Crippen LogP contribution in [-0.2, 0) is 6.42 Å². The Morgan fingerprint density at radius 1 is 0.895 bits per heavy atom. The van der Waals surface area contributed by atoms with E-state index in [9.17, 15) is 0 Å². The number of rotatable bonds is 1. The molecule has 1 heterocycles. The number of hydrogen-bond donors (Lipinski definition) is 1. The van der Waals surface area contributed by atoms with Gasteiger partial charge in [0.2, 0.25) is 0 Å². The van der Waals surface area contributed by atoms with E-state index in [4.69, 9.17) is 0 Å². The van der Waals surface area contributed by atoms with Crippen molar-refractivity contribution in [2.45, 2.75) is 40.2 Å². The highest BCUT2D eigenvalue weighted by Crippen LogP contribution is 2.37. The van der Waals surface area contributed by atoms with Crippen molar-refractivity contribution in [1.29, 1.82) is 0 Å². The maximum absolute atomic E-state index is 3.70. The van der Waals surface area contributed by atoms with Gasteiger partial charge in [0.1, 0.15) is 0 Å². The summed E-state index contributed by atoms with van der Waals surface area (Å²) in [4.78, 5) is 0. The van der Waals surface area contributed by atoms with Crippen molar-refractivity contribution in [3.63, 3.8) is 0 Å². The lowest BCUT2D eigenvalue weighted by molar-refractivity contribution is 0.812. The molecule has 0 radical (unpaired) electrons. The molecule has 0 aromatic heterocycles. The molecule has 1 atom stereocenters. The van der Waals surface area contributed by atoms with E-state index in [1.165, 1.54) is 39.1 Å². The highest BCUT2D eigenvalue weighted by molar-refractivity contribution is 5.63. The van der Waals surface area contributed by atoms with E-state index in [0.717, 1.165) is 6.42 Å². The third-order valence-corrected chi connectivity index (χ3v) is 4.17. The van der Waals surface area contributed by atoms with Gasteiger partial charge in [-0.1, -0.05) is 29.8 Å². The van der Waals surface area contributed by atoms with Crippen LogP contribution in [0.5, 0.6) is 0 Å². The molecule has 0 aliphatic carbocycles. The summed E-state index contributed by atoms with van der Waals surface area (Å²) in [7, 11) is 0. The van der Waals surface area contributed by atoms with Crippen LogP contribution < -0.4 is 5.32 Å². The monoisotopic (exact) mass is 251 g/mol. The van der Waals surface area contributed by atoms with Crippen molar-refractivity contribution in [1.82, 2.24) is 0 Å². The molecular formula is C18H21N. The molecule has 0 fully saturated rings. The third kappa shape index (κ3) is 2.14. The molecule has 19 heavy (non-hydrogen) atoms. The lowest BCUT2D eigenvalue weighted by Gasteiger charge is -2.15. The normalized spacial score (nSPS) is 17.2. The molecule has 1 N–H and O–H groups in total. The second-order valence-electron chi connectivity index (χ2n) is 5.87. The summed E-state index contributed by atoms with van der Waals surface area (Å²) in [5, 5.41) is 3.70. The average molecular weight is 251 g/mol. The van der Waals surface area contributed by atoms with Gasteiger partial charge < -0.3 is 5.32 Å². The maximum atomic E-state index is 3.70. The molecule has 0 saturated carbocycles. The van der Waals surface area contributed by atoms with Crippen molar-refractivity contribution in [2.24, 2.45) is 0 Å². The molecule has 1 aliphatic heterocycles. The first-order chi connectivity index (χ1) is 9.04. The first-order valence-corrected chi connectivity index (χ1v) is 6.98. The fourth-order valence-corrected chi connectivity index (χ4v) is 3.16. The maximum Gasteiger partial charge on any atom is 0.0557 e. The molecule has 1 heteroatoms. The number of nitrogens with one attached hydrogen (secondary N) is 1. The van der Waals surface area contributed by atoms with Crippen molar-refractivity contribution in [3.8, 4) is 0 Å². The molecule has 0 spiro atoms. The second-order valence-corrected chi connectivity index (χ2v) is 5.87. The van der Waals surface area contributed by atoms with E-state index in [2.05, 4.69) is 63.3 Å². The fourth-order valence-electron chi connectivity index (χ4n) is 3.16. The standard InChI is InChI=1S/C18H21N/c1-11-5-6-13(3)15(8-11)18-10-16-14(4)7-12(2)9-17(16)19-18/h5-9,18-19H,10H2,1-4H3. The van der Waals surface area contributed by atoms with Crippen LogP contribution in [0.2, 0.25) is 0 Å². The van der Waals surface area contributed by atoms with E-state index in [1.807, 2.05) is 0 Å². The van der Waals surface area contributed by atoms with E-state index in [-0.39, 0.29) is 0 Å². The number of hydrogen-bond acceptors (Lipinski definition) is 1. The zero-order chi connectivity index (χ0) is 13.6. The Balaban J connectivity index is 2.00. The highest BCUT2D eigenvalue weighted by Gasteiger charge is 2.24. The van der Waals surface area contributed by atoms with Gasteiger partial charge in [-0.25, -0.2) is 0 Å². The minimum absolute atomic E-state index is 0.426. The molecular weight excluding hydrogens is 230 g/mol. The quantitative estimate of drug-likeness (QED) is 0.779. The number of aryl methyl sites for hydroxylation is 4. The summed E-state index contributed by atoms with van der Waals surface area (Å²) in [5.74, 6) is 0. The summed E-state index contributed by atoms with van der Waals surface area (Å²) >= 11 is 0. The molecule has 1 nitrogen and oxygen atoms in total. The Labute approximate surface area is 115 Å². The zero-order valence-electron chi connectivity index (χ0n) is 12.2. The molecule has 1 unspecified atom stereocenters. The van der Waals surface area contributed by atoms with Gasteiger partial charge in [-0.05, 0) is 68.0 Å². The van der Waals surface area contributed by atoms with E-state index in [0.29, 0.717) is 6.04 Å². The Bertz CT molecular complexity index is 640. The van der Waals surface area contributed by atoms with Crippen LogP contribution >= 0.6 is 0 Å². The van der Waals surface area contributed by atoms with Crippen LogP contribution in [0.15, 0.2) is 30.3 Å². The first kappa shape index (κ1) is 12.3. The summed E-state index contributed by atoms with van der Waals surface area (Å²) in [6.07, 6.45) is 1.10. The van der Waals surface area contributed by atoms with Crippen molar-refractivity contribution in [3.05, 3.63) is 63.7 Å². The molecule has 0 bridgehead atoms. The minimum atomic E-state index is 0.426. The van der Waals surface area contributed by atoms with Gasteiger partial charge in [-0.15, -0.1) is 0 Å². The van der Waals surface area contributed by atoms with Crippen LogP contribution in [0.4, 0.5) is 5.69 Å². The third-order valence-electron chi connectivity index (χ3n) is 4.17. The number of benzene rings is 2. The zero-order valence-corrected chi connectivity index (χ0v) is 12.2. The Hall–Kier alpha value is -1.76. The van der Waals surface area contributed by atoms with E-state index in [1.54, 1.807) is 0 Å². The summed E-state index contributed by atoms with van der Waals surface area (Å²) in [5.41, 5.74) is 9.71. The van der Waals surface area contributed by atoms with Crippen molar-refractivity contribution < 1.29 is 0 Å². The fraction of sp³-hybridized carbons (Fsp3) is 0.333.